The normalized spacial score (nSPS) is 20.4. The maximum absolute atomic E-state index is 12.0. The molecular formula is C17H17NO2. The predicted octanol–water partition coefficient (Wildman–Crippen LogP) is 2.25. The predicted molar refractivity (Wildman–Crippen MR) is 77.4 cm³/mol. The van der Waals surface area contributed by atoms with Gasteiger partial charge in [-0.3, -0.25) is 4.79 Å². The maximum atomic E-state index is 12.0. The van der Waals surface area contributed by atoms with Gasteiger partial charge in [0, 0.05) is 5.56 Å². The standard InChI is InChI=1S/C17H17NO2/c19-16(14-7-2-1-3-8-14)18-12-17(20)11-10-13-6-4-5-9-15(13)17/h1-9,20H,10-12H2,(H,18,19). The Kier molecular flexibility index (Phi) is 3.28. The number of hydrogen-bond acceptors (Lipinski definition) is 2. The molecule has 2 aromatic carbocycles. The van der Waals surface area contributed by atoms with Crippen molar-refractivity contribution < 1.29 is 9.90 Å². The van der Waals surface area contributed by atoms with Gasteiger partial charge in [0.05, 0.1) is 6.54 Å². The fourth-order valence-electron chi connectivity index (χ4n) is 2.77. The van der Waals surface area contributed by atoms with E-state index in [0.717, 1.165) is 12.0 Å². The lowest BCUT2D eigenvalue weighted by Crippen LogP contribution is -2.39. The molecule has 1 unspecified atom stereocenters. The number of nitrogens with one attached hydrogen (secondary N) is 1. The zero-order valence-corrected chi connectivity index (χ0v) is 11.2. The van der Waals surface area contributed by atoms with Crippen LogP contribution in [0.3, 0.4) is 0 Å². The second kappa shape index (κ2) is 5.10. The van der Waals surface area contributed by atoms with Gasteiger partial charge >= 0.3 is 0 Å². The zero-order chi connectivity index (χ0) is 14.0. The van der Waals surface area contributed by atoms with E-state index in [9.17, 15) is 9.90 Å². The van der Waals surface area contributed by atoms with Crippen LogP contribution in [0.15, 0.2) is 54.6 Å². The molecule has 3 heteroatoms. The first-order valence-corrected chi connectivity index (χ1v) is 6.83. The van der Waals surface area contributed by atoms with Gasteiger partial charge in [-0.15, -0.1) is 0 Å². The van der Waals surface area contributed by atoms with Crippen LogP contribution in [0.5, 0.6) is 0 Å². The van der Waals surface area contributed by atoms with E-state index in [2.05, 4.69) is 5.32 Å². The number of fused-ring (bicyclic) bond motifs is 1. The Hall–Kier alpha value is -2.13. The zero-order valence-electron chi connectivity index (χ0n) is 11.2. The first-order valence-electron chi connectivity index (χ1n) is 6.83. The number of carbonyl (C=O) groups excluding carboxylic acids is 1. The molecule has 2 N–H and O–H groups in total. The SMILES string of the molecule is O=C(NCC1(O)CCc2ccccc21)c1ccccc1. The van der Waals surface area contributed by atoms with E-state index in [1.807, 2.05) is 42.5 Å². The summed E-state index contributed by atoms with van der Waals surface area (Å²) in [6.45, 7) is 0.248. The Bertz CT molecular complexity index is 624. The average Bonchev–Trinajstić information content (AvgIpc) is 2.84. The number of rotatable bonds is 3. The summed E-state index contributed by atoms with van der Waals surface area (Å²) in [5.74, 6) is -0.150. The first kappa shape index (κ1) is 12.9. The van der Waals surface area contributed by atoms with Crippen molar-refractivity contribution in [1.82, 2.24) is 5.32 Å². The number of aliphatic hydroxyl groups is 1. The van der Waals surface area contributed by atoms with Crippen molar-refractivity contribution in [3.63, 3.8) is 0 Å². The van der Waals surface area contributed by atoms with Crippen LogP contribution in [0, 0.1) is 0 Å². The van der Waals surface area contributed by atoms with Crippen LogP contribution in [0.1, 0.15) is 27.9 Å². The average molecular weight is 267 g/mol. The Morgan fingerprint density at radius 3 is 2.60 bits per heavy atom. The molecule has 0 aromatic heterocycles. The minimum Gasteiger partial charge on any atom is -0.383 e. The monoisotopic (exact) mass is 267 g/mol. The summed E-state index contributed by atoms with van der Waals surface area (Å²) in [6.07, 6.45) is 1.51. The summed E-state index contributed by atoms with van der Waals surface area (Å²) in [4.78, 5) is 12.0. The number of benzene rings is 2. The highest BCUT2D eigenvalue weighted by Crippen LogP contribution is 2.36. The molecule has 2 aromatic rings. The summed E-state index contributed by atoms with van der Waals surface area (Å²) in [7, 11) is 0. The van der Waals surface area contributed by atoms with Crippen LogP contribution >= 0.6 is 0 Å². The van der Waals surface area contributed by atoms with E-state index in [-0.39, 0.29) is 12.5 Å². The third kappa shape index (κ3) is 2.32. The second-order valence-electron chi connectivity index (χ2n) is 5.24. The quantitative estimate of drug-likeness (QED) is 0.896. The Morgan fingerprint density at radius 2 is 1.80 bits per heavy atom. The molecule has 0 saturated heterocycles. The topological polar surface area (TPSA) is 49.3 Å². The fourth-order valence-corrected chi connectivity index (χ4v) is 2.77. The summed E-state index contributed by atoms with van der Waals surface area (Å²) in [5, 5.41) is 13.6. The van der Waals surface area contributed by atoms with E-state index in [4.69, 9.17) is 0 Å². The summed E-state index contributed by atoms with van der Waals surface area (Å²) in [5.41, 5.74) is 1.78. The highest BCUT2D eigenvalue weighted by Gasteiger charge is 2.36. The summed E-state index contributed by atoms with van der Waals surface area (Å²) in [6, 6.07) is 16.9. The molecule has 0 heterocycles. The molecule has 0 spiro atoms. The fraction of sp³-hybridized carbons (Fsp3) is 0.235. The Balaban J connectivity index is 1.72. The van der Waals surface area contributed by atoms with Gasteiger partial charge in [0.2, 0.25) is 0 Å². The van der Waals surface area contributed by atoms with Crippen LogP contribution in [-0.4, -0.2) is 17.6 Å². The van der Waals surface area contributed by atoms with Gasteiger partial charge in [-0.1, -0.05) is 42.5 Å². The molecule has 0 fully saturated rings. The largest absolute Gasteiger partial charge is 0.383 e. The molecular weight excluding hydrogens is 250 g/mol. The van der Waals surface area contributed by atoms with Crippen LogP contribution in [0.4, 0.5) is 0 Å². The lowest BCUT2D eigenvalue weighted by molar-refractivity contribution is 0.0369. The van der Waals surface area contributed by atoms with Gasteiger partial charge in [-0.2, -0.15) is 0 Å². The third-order valence-electron chi connectivity index (χ3n) is 3.90. The minimum absolute atomic E-state index is 0.150. The van der Waals surface area contributed by atoms with Gasteiger partial charge in [0.1, 0.15) is 5.60 Å². The number of hydrogen-bond donors (Lipinski definition) is 2. The van der Waals surface area contributed by atoms with Gasteiger partial charge in [-0.05, 0) is 36.1 Å². The molecule has 20 heavy (non-hydrogen) atoms. The summed E-state index contributed by atoms with van der Waals surface area (Å²) >= 11 is 0. The van der Waals surface area contributed by atoms with Crippen LogP contribution in [0.2, 0.25) is 0 Å². The van der Waals surface area contributed by atoms with Gasteiger partial charge in [0.25, 0.3) is 5.91 Å². The minimum atomic E-state index is -0.943. The highest BCUT2D eigenvalue weighted by molar-refractivity contribution is 5.94. The lowest BCUT2D eigenvalue weighted by atomic mass is 9.96. The molecule has 0 radical (unpaired) electrons. The smallest absolute Gasteiger partial charge is 0.251 e. The van der Waals surface area contributed by atoms with E-state index in [1.54, 1.807) is 12.1 Å². The van der Waals surface area contributed by atoms with Gasteiger partial charge in [-0.25, -0.2) is 0 Å². The molecule has 3 rings (SSSR count). The van der Waals surface area contributed by atoms with Crippen LogP contribution in [-0.2, 0) is 12.0 Å². The molecule has 0 aliphatic heterocycles. The van der Waals surface area contributed by atoms with E-state index < -0.39 is 5.60 Å². The highest BCUT2D eigenvalue weighted by atomic mass is 16.3. The van der Waals surface area contributed by atoms with E-state index in [0.29, 0.717) is 12.0 Å². The van der Waals surface area contributed by atoms with Gasteiger partial charge in [0.15, 0.2) is 0 Å². The molecule has 1 amide bonds. The number of aryl methyl sites for hydroxylation is 1. The molecule has 1 aliphatic rings. The molecule has 1 aliphatic carbocycles. The van der Waals surface area contributed by atoms with Gasteiger partial charge < -0.3 is 10.4 Å². The number of amides is 1. The Morgan fingerprint density at radius 1 is 1.10 bits per heavy atom. The number of carbonyl (C=O) groups is 1. The molecule has 0 saturated carbocycles. The van der Waals surface area contributed by atoms with E-state index >= 15 is 0 Å². The van der Waals surface area contributed by atoms with Crippen molar-refractivity contribution in [2.75, 3.05) is 6.54 Å². The van der Waals surface area contributed by atoms with Crippen LogP contribution in [0.25, 0.3) is 0 Å². The van der Waals surface area contributed by atoms with Crippen molar-refractivity contribution in [3.05, 3.63) is 71.3 Å². The maximum Gasteiger partial charge on any atom is 0.251 e. The molecule has 0 bridgehead atoms. The van der Waals surface area contributed by atoms with Crippen molar-refractivity contribution in [2.45, 2.75) is 18.4 Å². The molecule has 3 nitrogen and oxygen atoms in total. The first-order chi connectivity index (χ1) is 9.69. The van der Waals surface area contributed by atoms with Crippen molar-refractivity contribution in [2.24, 2.45) is 0 Å². The molecule has 102 valence electrons. The van der Waals surface area contributed by atoms with Crippen LogP contribution < -0.4 is 5.32 Å². The van der Waals surface area contributed by atoms with E-state index in [1.165, 1.54) is 5.56 Å². The second-order valence-corrected chi connectivity index (χ2v) is 5.24. The summed E-state index contributed by atoms with van der Waals surface area (Å²) < 4.78 is 0. The van der Waals surface area contributed by atoms with Crippen molar-refractivity contribution in [3.8, 4) is 0 Å². The lowest BCUT2D eigenvalue weighted by Gasteiger charge is -2.24. The van der Waals surface area contributed by atoms with Crippen molar-refractivity contribution >= 4 is 5.91 Å². The molecule has 1 atom stereocenters. The van der Waals surface area contributed by atoms with Crippen molar-refractivity contribution in [1.29, 1.82) is 0 Å². The third-order valence-corrected chi connectivity index (χ3v) is 3.90. The Labute approximate surface area is 118 Å².